The molecular weight excluding hydrogens is 284 g/mol. The van der Waals surface area contributed by atoms with Crippen molar-refractivity contribution < 1.29 is 9.72 Å². The average Bonchev–Trinajstić information content (AvgIpc) is 2.70. The van der Waals surface area contributed by atoms with Crippen LogP contribution in [0.3, 0.4) is 0 Å². The maximum absolute atomic E-state index is 11.8. The molecule has 0 saturated heterocycles. The predicted molar refractivity (Wildman–Crippen MR) is 73.7 cm³/mol. The lowest BCUT2D eigenvalue weighted by atomic mass is 10.3. The second kappa shape index (κ2) is 5.70. The van der Waals surface area contributed by atoms with Crippen LogP contribution < -0.4 is 5.32 Å². The molecule has 7 nitrogen and oxygen atoms in total. The summed E-state index contributed by atoms with van der Waals surface area (Å²) < 4.78 is 1.23. The van der Waals surface area contributed by atoms with Crippen LogP contribution in [0.2, 0.25) is 5.02 Å². The number of rotatable bonds is 4. The van der Waals surface area contributed by atoms with Crippen LogP contribution in [0, 0.1) is 17.0 Å². The SMILES string of the molecule is Cc1cn(CC(=O)Nc2cccc(Cl)c2)nc1[N+](=O)[O-]. The number of benzene rings is 1. The Morgan fingerprint density at radius 3 is 2.90 bits per heavy atom. The Labute approximate surface area is 119 Å². The van der Waals surface area contributed by atoms with Crippen LogP contribution in [0.15, 0.2) is 30.5 Å². The van der Waals surface area contributed by atoms with Gasteiger partial charge in [0.15, 0.2) is 0 Å². The highest BCUT2D eigenvalue weighted by atomic mass is 35.5. The quantitative estimate of drug-likeness (QED) is 0.692. The van der Waals surface area contributed by atoms with Crippen LogP contribution in [0.4, 0.5) is 11.5 Å². The topological polar surface area (TPSA) is 90.1 Å². The summed E-state index contributed by atoms with van der Waals surface area (Å²) in [6.45, 7) is 1.46. The summed E-state index contributed by atoms with van der Waals surface area (Å²) >= 11 is 5.80. The number of nitro groups is 1. The van der Waals surface area contributed by atoms with E-state index in [2.05, 4.69) is 10.4 Å². The van der Waals surface area contributed by atoms with Crippen LogP contribution in [0.5, 0.6) is 0 Å². The summed E-state index contributed by atoms with van der Waals surface area (Å²) in [7, 11) is 0. The largest absolute Gasteiger partial charge is 0.392 e. The Bertz CT molecular complexity index is 668. The van der Waals surface area contributed by atoms with Crippen molar-refractivity contribution in [1.29, 1.82) is 0 Å². The highest BCUT2D eigenvalue weighted by molar-refractivity contribution is 6.30. The van der Waals surface area contributed by atoms with Crippen molar-refractivity contribution in [2.45, 2.75) is 13.5 Å². The third-order valence-corrected chi connectivity index (χ3v) is 2.74. The van der Waals surface area contributed by atoms with Gasteiger partial charge in [0.25, 0.3) is 0 Å². The van der Waals surface area contributed by atoms with Crippen molar-refractivity contribution in [2.24, 2.45) is 0 Å². The summed E-state index contributed by atoms with van der Waals surface area (Å²) in [4.78, 5) is 21.9. The molecule has 1 amide bonds. The van der Waals surface area contributed by atoms with Gasteiger partial charge in [0.05, 0.1) is 16.9 Å². The van der Waals surface area contributed by atoms with E-state index in [9.17, 15) is 14.9 Å². The number of nitrogens with zero attached hydrogens (tertiary/aromatic N) is 3. The van der Waals surface area contributed by atoms with E-state index in [0.29, 0.717) is 16.3 Å². The van der Waals surface area contributed by atoms with E-state index in [1.165, 1.54) is 10.9 Å². The molecule has 0 atom stereocenters. The molecule has 0 fully saturated rings. The molecule has 0 radical (unpaired) electrons. The second-order valence-electron chi connectivity index (χ2n) is 4.15. The summed E-state index contributed by atoms with van der Waals surface area (Å²) in [6, 6.07) is 6.70. The minimum atomic E-state index is -0.583. The molecule has 0 aliphatic rings. The number of amides is 1. The fourth-order valence-electron chi connectivity index (χ4n) is 1.69. The monoisotopic (exact) mass is 294 g/mol. The molecule has 8 heteroatoms. The Morgan fingerprint density at radius 1 is 1.55 bits per heavy atom. The molecule has 0 aliphatic heterocycles. The van der Waals surface area contributed by atoms with Gasteiger partial charge in [-0.25, -0.2) is 0 Å². The van der Waals surface area contributed by atoms with Crippen molar-refractivity contribution in [1.82, 2.24) is 9.78 Å². The summed E-state index contributed by atoms with van der Waals surface area (Å²) in [5, 5.41) is 17.5. The predicted octanol–water partition coefficient (Wildman–Crippen LogP) is 2.39. The van der Waals surface area contributed by atoms with E-state index < -0.39 is 4.92 Å². The smallest absolute Gasteiger partial charge is 0.358 e. The molecule has 2 rings (SSSR count). The molecule has 1 N–H and O–H groups in total. The number of hydrogen-bond donors (Lipinski definition) is 1. The molecule has 0 bridgehead atoms. The van der Waals surface area contributed by atoms with Crippen molar-refractivity contribution in [2.75, 3.05) is 5.32 Å². The highest BCUT2D eigenvalue weighted by Gasteiger charge is 2.18. The Balaban J connectivity index is 2.05. The van der Waals surface area contributed by atoms with E-state index in [1.807, 2.05) is 0 Å². The number of carbonyl (C=O) groups excluding carboxylic acids is 1. The van der Waals surface area contributed by atoms with Crippen molar-refractivity contribution >= 4 is 29.0 Å². The second-order valence-corrected chi connectivity index (χ2v) is 4.59. The first-order chi connectivity index (χ1) is 9.45. The summed E-state index contributed by atoms with van der Waals surface area (Å²) in [5.41, 5.74) is 0.964. The van der Waals surface area contributed by atoms with E-state index in [0.717, 1.165) is 0 Å². The number of aromatic nitrogens is 2. The van der Waals surface area contributed by atoms with Gasteiger partial charge in [0, 0.05) is 10.7 Å². The first kappa shape index (κ1) is 14.0. The van der Waals surface area contributed by atoms with Gasteiger partial charge in [-0.3, -0.25) is 4.79 Å². The minimum absolute atomic E-state index is 0.110. The van der Waals surface area contributed by atoms with Crippen LogP contribution in [0.25, 0.3) is 0 Å². The van der Waals surface area contributed by atoms with Gasteiger partial charge in [-0.15, -0.1) is 0 Å². The molecule has 1 aromatic carbocycles. The fraction of sp³-hybridized carbons (Fsp3) is 0.167. The standard InChI is InChI=1S/C12H11ClN4O3/c1-8-6-16(15-12(8)17(19)20)7-11(18)14-10-4-2-3-9(13)5-10/h2-6H,7H2,1H3,(H,14,18). The van der Waals surface area contributed by atoms with Crippen LogP contribution in [0.1, 0.15) is 5.56 Å². The lowest BCUT2D eigenvalue weighted by Gasteiger charge is -2.03. The zero-order valence-electron chi connectivity index (χ0n) is 10.5. The molecule has 20 heavy (non-hydrogen) atoms. The Kier molecular flexibility index (Phi) is 3.99. The number of anilines is 1. The molecule has 0 saturated carbocycles. The third kappa shape index (κ3) is 3.33. The van der Waals surface area contributed by atoms with E-state index >= 15 is 0 Å². The van der Waals surface area contributed by atoms with Crippen molar-refractivity contribution in [3.63, 3.8) is 0 Å². The number of nitrogens with one attached hydrogen (secondary N) is 1. The van der Waals surface area contributed by atoms with Gasteiger partial charge in [-0.2, -0.15) is 4.68 Å². The molecule has 1 aromatic heterocycles. The molecule has 0 spiro atoms. The first-order valence-corrected chi connectivity index (χ1v) is 6.07. The van der Waals surface area contributed by atoms with E-state index in [-0.39, 0.29) is 18.3 Å². The van der Waals surface area contributed by atoms with Gasteiger partial charge >= 0.3 is 5.82 Å². The lowest BCUT2D eigenvalue weighted by molar-refractivity contribution is -0.390. The van der Waals surface area contributed by atoms with E-state index in [1.54, 1.807) is 31.2 Å². The molecule has 2 aromatic rings. The number of hydrogen-bond acceptors (Lipinski definition) is 4. The third-order valence-electron chi connectivity index (χ3n) is 2.51. The van der Waals surface area contributed by atoms with Gasteiger partial charge in [-0.1, -0.05) is 17.7 Å². The summed E-state index contributed by atoms with van der Waals surface area (Å²) in [6.07, 6.45) is 1.45. The summed E-state index contributed by atoms with van der Waals surface area (Å²) in [5.74, 6) is -0.592. The maximum atomic E-state index is 11.8. The minimum Gasteiger partial charge on any atom is -0.358 e. The van der Waals surface area contributed by atoms with Crippen molar-refractivity contribution in [3.05, 3.63) is 51.2 Å². The number of aryl methyl sites for hydroxylation is 1. The molecule has 104 valence electrons. The molecule has 0 unspecified atom stereocenters. The van der Waals surface area contributed by atoms with Crippen LogP contribution in [-0.4, -0.2) is 20.6 Å². The number of halogens is 1. The van der Waals surface area contributed by atoms with Gasteiger partial charge in [0.2, 0.25) is 5.91 Å². The Morgan fingerprint density at radius 2 is 2.30 bits per heavy atom. The number of carbonyl (C=O) groups is 1. The van der Waals surface area contributed by atoms with Crippen molar-refractivity contribution in [3.8, 4) is 0 Å². The Hall–Kier alpha value is -2.41. The molecule has 0 aliphatic carbocycles. The highest BCUT2D eigenvalue weighted by Crippen LogP contribution is 2.16. The first-order valence-electron chi connectivity index (χ1n) is 5.69. The van der Waals surface area contributed by atoms with Gasteiger partial charge in [0.1, 0.15) is 6.54 Å². The van der Waals surface area contributed by atoms with E-state index in [4.69, 9.17) is 11.6 Å². The average molecular weight is 295 g/mol. The zero-order valence-corrected chi connectivity index (χ0v) is 11.3. The van der Waals surface area contributed by atoms with Crippen LogP contribution >= 0.6 is 11.6 Å². The van der Waals surface area contributed by atoms with Gasteiger partial charge in [-0.05, 0) is 30.0 Å². The van der Waals surface area contributed by atoms with Gasteiger partial charge < -0.3 is 15.4 Å². The zero-order chi connectivity index (χ0) is 14.7. The normalized spacial score (nSPS) is 10.3. The molecule has 1 heterocycles. The van der Waals surface area contributed by atoms with Crippen LogP contribution in [-0.2, 0) is 11.3 Å². The fourth-order valence-corrected chi connectivity index (χ4v) is 1.88. The molecular formula is C12H11ClN4O3. The lowest BCUT2D eigenvalue weighted by Crippen LogP contribution is -2.19. The maximum Gasteiger partial charge on any atom is 0.392 e.